The molecule has 0 aliphatic carbocycles. The van der Waals surface area contributed by atoms with Crippen LogP contribution in [0.5, 0.6) is 5.75 Å². The largest absolute Gasteiger partial charge is 0.489 e. The van der Waals surface area contributed by atoms with Gasteiger partial charge >= 0.3 is 0 Å². The molecular weight excluding hydrogens is 360 g/mol. The standard InChI is InChI=1S/C25H22N2O2/c1-18-7-6-8-21(15-18)17-29-23-13-11-20(12-14-23)16-24-19(2)26-27(25(24)28)22-9-4-3-5-10-22/h3-16H,17H2,1-2H3/b24-16+. The highest BCUT2D eigenvalue weighted by atomic mass is 16.5. The van der Waals surface area contributed by atoms with E-state index in [1.54, 1.807) is 0 Å². The van der Waals surface area contributed by atoms with Crippen molar-refractivity contribution in [3.05, 3.63) is 101 Å². The van der Waals surface area contributed by atoms with E-state index in [1.165, 1.54) is 10.6 Å². The third-order valence-corrected chi connectivity index (χ3v) is 4.74. The Bertz CT molecular complexity index is 1080. The molecule has 0 fully saturated rings. The van der Waals surface area contributed by atoms with Crippen molar-refractivity contribution in [1.82, 2.24) is 0 Å². The number of carbonyl (C=O) groups excluding carboxylic acids is 1. The highest BCUT2D eigenvalue weighted by Crippen LogP contribution is 2.25. The number of carbonyl (C=O) groups is 1. The molecule has 0 saturated carbocycles. The number of hydrogen-bond acceptors (Lipinski definition) is 3. The Labute approximate surface area is 170 Å². The van der Waals surface area contributed by atoms with Crippen LogP contribution in [0.15, 0.2) is 89.5 Å². The number of aryl methyl sites for hydroxylation is 1. The van der Waals surface area contributed by atoms with Crippen molar-refractivity contribution in [2.75, 3.05) is 5.01 Å². The molecule has 1 heterocycles. The maximum absolute atomic E-state index is 12.8. The lowest BCUT2D eigenvalue weighted by atomic mass is 10.1. The van der Waals surface area contributed by atoms with Crippen molar-refractivity contribution < 1.29 is 9.53 Å². The van der Waals surface area contributed by atoms with Crippen molar-refractivity contribution in [2.24, 2.45) is 5.10 Å². The van der Waals surface area contributed by atoms with Crippen molar-refractivity contribution in [3.8, 4) is 5.75 Å². The van der Waals surface area contributed by atoms with Crippen LogP contribution >= 0.6 is 0 Å². The van der Waals surface area contributed by atoms with Gasteiger partial charge < -0.3 is 4.74 Å². The van der Waals surface area contributed by atoms with Crippen LogP contribution in [-0.4, -0.2) is 11.6 Å². The highest BCUT2D eigenvalue weighted by Gasteiger charge is 2.28. The summed E-state index contributed by atoms with van der Waals surface area (Å²) in [6.07, 6.45) is 1.87. The summed E-state index contributed by atoms with van der Waals surface area (Å²) in [4.78, 5) is 12.8. The number of rotatable bonds is 5. The van der Waals surface area contributed by atoms with Gasteiger partial charge in [-0.1, -0.05) is 60.2 Å². The van der Waals surface area contributed by atoms with Crippen LogP contribution in [0.4, 0.5) is 5.69 Å². The molecule has 0 radical (unpaired) electrons. The lowest BCUT2D eigenvalue weighted by Gasteiger charge is -2.11. The molecule has 0 saturated heterocycles. The summed E-state index contributed by atoms with van der Waals surface area (Å²) in [5.74, 6) is 0.677. The molecule has 4 rings (SSSR count). The molecular formula is C25H22N2O2. The van der Waals surface area contributed by atoms with E-state index in [-0.39, 0.29) is 5.91 Å². The zero-order chi connectivity index (χ0) is 20.2. The molecule has 0 unspecified atom stereocenters. The molecule has 4 nitrogen and oxygen atoms in total. The molecule has 0 bridgehead atoms. The molecule has 3 aromatic rings. The number of anilines is 1. The van der Waals surface area contributed by atoms with Gasteiger partial charge in [0.15, 0.2) is 0 Å². The van der Waals surface area contributed by atoms with Crippen LogP contribution < -0.4 is 9.75 Å². The molecule has 0 N–H and O–H groups in total. The molecule has 1 aliphatic rings. The number of amides is 1. The predicted octanol–water partition coefficient (Wildman–Crippen LogP) is 5.38. The first kappa shape index (κ1) is 18.7. The fourth-order valence-electron chi connectivity index (χ4n) is 3.22. The normalized spacial score (nSPS) is 15.0. The van der Waals surface area contributed by atoms with Gasteiger partial charge in [-0.25, -0.2) is 0 Å². The number of ether oxygens (including phenoxy) is 1. The van der Waals surface area contributed by atoms with Crippen molar-refractivity contribution in [2.45, 2.75) is 20.5 Å². The Hall–Kier alpha value is -3.66. The van der Waals surface area contributed by atoms with Crippen LogP contribution in [0.25, 0.3) is 6.08 Å². The third kappa shape index (κ3) is 4.27. The molecule has 29 heavy (non-hydrogen) atoms. The first-order chi connectivity index (χ1) is 14.1. The van der Waals surface area contributed by atoms with E-state index < -0.39 is 0 Å². The van der Waals surface area contributed by atoms with Crippen molar-refractivity contribution >= 4 is 23.4 Å². The molecule has 4 heteroatoms. The highest BCUT2D eigenvalue weighted by molar-refractivity contribution is 6.32. The summed E-state index contributed by atoms with van der Waals surface area (Å²) in [5.41, 5.74) is 5.36. The van der Waals surface area contributed by atoms with E-state index >= 15 is 0 Å². The second-order valence-electron chi connectivity index (χ2n) is 7.04. The number of para-hydroxylation sites is 1. The van der Waals surface area contributed by atoms with Crippen molar-refractivity contribution in [3.63, 3.8) is 0 Å². The Morgan fingerprint density at radius 2 is 1.69 bits per heavy atom. The van der Waals surface area contributed by atoms with Gasteiger partial charge in [-0.2, -0.15) is 10.1 Å². The quantitative estimate of drug-likeness (QED) is 0.556. The van der Waals surface area contributed by atoms with Gasteiger partial charge in [-0.15, -0.1) is 0 Å². The maximum Gasteiger partial charge on any atom is 0.280 e. The maximum atomic E-state index is 12.8. The molecule has 1 aliphatic heterocycles. The van der Waals surface area contributed by atoms with Gasteiger partial charge in [0.05, 0.1) is 17.0 Å². The van der Waals surface area contributed by atoms with Crippen LogP contribution in [0, 0.1) is 6.92 Å². The molecule has 1 amide bonds. The van der Waals surface area contributed by atoms with E-state index in [9.17, 15) is 4.79 Å². The van der Waals surface area contributed by atoms with Gasteiger partial charge in [0.25, 0.3) is 5.91 Å². The summed E-state index contributed by atoms with van der Waals surface area (Å²) in [6, 6.07) is 25.5. The molecule has 0 atom stereocenters. The average Bonchev–Trinajstić information content (AvgIpc) is 3.02. The zero-order valence-corrected chi connectivity index (χ0v) is 16.5. The lowest BCUT2D eigenvalue weighted by molar-refractivity contribution is -0.114. The fraction of sp³-hybridized carbons (Fsp3) is 0.120. The van der Waals surface area contributed by atoms with Gasteiger partial charge in [-0.05, 0) is 55.3 Å². The second-order valence-corrected chi connectivity index (χ2v) is 7.04. The van der Waals surface area contributed by atoms with Gasteiger partial charge in [0.1, 0.15) is 12.4 Å². The van der Waals surface area contributed by atoms with Crippen LogP contribution in [0.1, 0.15) is 23.6 Å². The van der Waals surface area contributed by atoms with Gasteiger partial charge in [0.2, 0.25) is 0 Å². The second kappa shape index (κ2) is 8.15. The first-order valence-corrected chi connectivity index (χ1v) is 9.55. The summed E-state index contributed by atoms with van der Waals surface area (Å²) in [7, 11) is 0. The minimum atomic E-state index is -0.117. The summed E-state index contributed by atoms with van der Waals surface area (Å²) < 4.78 is 5.87. The monoisotopic (exact) mass is 382 g/mol. The van der Waals surface area contributed by atoms with Crippen LogP contribution in [0.3, 0.4) is 0 Å². The predicted molar refractivity (Wildman–Crippen MR) is 117 cm³/mol. The van der Waals surface area contributed by atoms with Crippen LogP contribution in [0.2, 0.25) is 0 Å². The van der Waals surface area contributed by atoms with Gasteiger partial charge in [0, 0.05) is 0 Å². The van der Waals surface area contributed by atoms with Gasteiger partial charge in [-0.3, -0.25) is 4.79 Å². The minimum absolute atomic E-state index is 0.117. The smallest absolute Gasteiger partial charge is 0.280 e. The third-order valence-electron chi connectivity index (χ3n) is 4.74. The van der Waals surface area contributed by atoms with E-state index in [4.69, 9.17) is 4.74 Å². The summed E-state index contributed by atoms with van der Waals surface area (Å²) in [5, 5.41) is 5.86. The Balaban J connectivity index is 1.46. The van der Waals surface area contributed by atoms with E-state index in [0.717, 1.165) is 22.6 Å². The topological polar surface area (TPSA) is 41.9 Å². The fourth-order valence-corrected chi connectivity index (χ4v) is 3.22. The summed E-state index contributed by atoms with van der Waals surface area (Å²) >= 11 is 0. The van der Waals surface area contributed by atoms with E-state index in [0.29, 0.717) is 17.9 Å². The summed E-state index contributed by atoms with van der Waals surface area (Å²) in [6.45, 7) is 4.45. The number of hydrogen-bond donors (Lipinski definition) is 0. The molecule has 0 aromatic heterocycles. The lowest BCUT2D eigenvalue weighted by Crippen LogP contribution is -2.21. The SMILES string of the molecule is CC1=NN(c2ccccc2)C(=O)/C1=C/c1ccc(OCc2cccc(C)c2)cc1. The average molecular weight is 382 g/mol. The molecule has 144 valence electrons. The van der Waals surface area contributed by atoms with Crippen LogP contribution in [-0.2, 0) is 11.4 Å². The molecule has 3 aromatic carbocycles. The Morgan fingerprint density at radius 3 is 2.41 bits per heavy atom. The number of hydrazone groups is 1. The Kier molecular flexibility index (Phi) is 5.25. The van der Waals surface area contributed by atoms with E-state index in [2.05, 4.69) is 30.2 Å². The zero-order valence-electron chi connectivity index (χ0n) is 16.5. The number of benzene rings is 3. The Morgan fingerprint density at radius 1 is 0.931 bits per heavy atom. The number of nitrogens with zero attached hydrogens (tertiary/aromatic N) is 2. The molecule has 0 spiro atoms. The first-order valence-electron chi connectivity index (χ1n) is 9.55. The van der Waals surface area contributed by atoms with Crippen molar-refractivity contribution in [1.29, 1.82) is 0 Å². The van der Waals surface area contributed by atoms with E-state index in [1.807, 2.05) is 73.7 Å². The minimum Gasteiger partial charge on any atom is -0.489 e.